The van der Waals surface area contributed by atoms with E-state index in [9.17, 15) is 17.2 Å². The number of rotatable bonds is 8. The molecule has 0 atom stereocenters. The zero-order valence-electron chi connectivity index (χ0n) is 17.1. The lowest BCUT2D eigenvalue weighted by atomic mass is 10.2. The number of benzene rings is 2. The zero-order valence-corrected chi connectivity index (χ0v) is 17.9. The Kier molecular flexibility index (Phi) is 7.14. The molecule has 9 heteroatoms. The van der Waals surface area contributed by atoms with Gasteiger partial charge in [-0.25, -0.2) is 8.42 Å². The molecule has 0 radical (unpaired) electrons. The summed E-state index contributed by atoms with van der Waals surface area (Å²) >= 11 is 0. The molecule has 3 rings (SSSR count). The number of nitrogens with zero attached hydrogens (tertiary/aromatic N) is 2. The Bertz CT molecular complexity index is 961. The van der Waals surface area contributed by atoms with Crippen LogP contribution in [0.3, 0.4) is 0 Å². The Hall–Kier alpha value is -2.39. The highest BCUT2D eigenvalue weighted by molar-refractivity contribution is 7.91. The lowest BCUT2D eigenvalue weighted by Crippen LogP contribution is -2.44. The molecular formula is C21H26F2N2O4S. The maximum Gasteiger partial charge on any atom is 0.387 e. The Labute approximate surface area is 175 Å². The Morgan fingerprint density at radius 1 is 1.03 bits per heavy atom. The van der Waals surface area contributed by atoms with Crippen LogP contribution in [-0.4, -0.2) is 59.8 Å². The second-order valence-corrected chi connectivity index (χ2v) is 9.07. The lowest BCUT2D eigenvalue weighted by Gasteiger charge is -2.35. The second-order valence-electron chi connectivity index (χ2n) is 7.13. The molecule has 2 aromatic rings. The molecule has 1 heterocycles. The fourth-order valence-corrected chi connectivity index (χ4v) is 4.56. The SMILES string of the molecule is CCCOc1ccc(S(=O)(=O)c2cccc(OC(F)F)c2)cc1N1CCN(C)CC1. The van der Waals surface area contributed by atoms with Gasteiger partial charge in [0.25, 0.3) is 0 Å². The molecule has 0 unspecified atom stereocenters. The first-order valence-electron chi connectivity index (χ1n) is 9.81. The molecule has 0 N–H and O–H groups in total. The number of ether oxygens (including phenoxy) is 2. The summed E-state index contributed by atoms with van der Waals surface area (Å²) in [5, 5.41) is 0. The normalized spacial score (nSPS) is 15.4. The molecule has 1 fully saturated rings. The summed E-state index contributed by atoms with van der Waals surface area (Å²) in [7, 11) is -1.88. The molecule has 164 valence electrons. The third-order valence-electron chi connectivity index (χ3n) is 4.89. The zero-order chi connectivity index (χ0) is 21.7. The minimum Gasteiger partial charge on any atom is -0.491 e. The maximum absolute atomic E-state index is 13.2. The average Bonchev–Trinajstić information content (AvgIpc) is 2.72. The second kappa shape index (κ2) is 9.61. The van der Waals surface area contributed by atoms with Gasteiger partial charge in [-0.1, -0.05) is 13.0 Å². The Morgan fingerprint density at radius 2 is 1.73 bits per heavy atom. The molecule has 0 amide bonds. The van der Waals surface area contributed by atoms with Crippen molar-refractivity contribution in [1.82, 2.24) is 4.90 Å². The highest BCUT2D eigenvalue weighted by Crippen LogP contribution is 2.34. The maximum atomic E-state index is 13.2. The number of hydrogen-bond acceptors (Lipinski definition) is 6. The summed E-state index contributed by atoms with van der Waals surface area (Å²) in [5.74, 6) is 0.434. The first kappa shape index (κ1) is 22.3. The van der Waals surface area contributed by atoms with Crippen molar-refractivity contribution in [2.45, 2.75) is 29.7 Å². The number of anilines is 1. The van der Waals surface area contributed by atoms with E-state index in [-0.39, 0.29) is 15.5 Å². The van der Waals surface area contributed by atoms with Gasteiger partial charge < -0.3 is 19.3 Å². The van der Waals surface area contributed by atoms with Crippen LogP contribution >= 0.6 is 0 Å². The summed E-state index contributed by atoms with van der Waals surface area (Å²) in [5.41, 5.74) is 0.720. The van der Waals surface area contributed by atoms with E-state index in [2.05, 4.69) is 14.5 Å². The fourth-order valence-electron chi connectivity index (χ4n) is 3.25. The van der Waals surface area contributed by atoms with Crippen molar-refractivity contribution in [3.8, 4) is 11.5 Å². The van der Waals surface area contributed by atoms with Crippen LogP contribution in [0.5, 0.6) is 11.5 Å². The monoisotopic (exact) mass is 440 g/mol. The van der Waals surface area contributed by atoms with Crippen LogP contribution in [0.25, 0.3) is 0 Å². The van der Waals surface area contributed by atoms with Crippen LogP contribution in [0.1, 0.15) is 13.3 Å². The summed E-state index contributed by atoms with van der Waals surface area (Å²) in [6.07, 6.45) is 0.832. The first-order valence-corrected chi connectivity index (χ1v) is 11.3. The Morgan fingerprint density at radius 3 is 2.40 bits per heavy atom. The third-order valence-corrected chi connectivity index (χ3v) is 6.64. The van der Waals surface area contributed by atoms with Crippen molar-refractivity contribution in [1.29, 1.82) is 0 Å². The number of alkyl halides is 2. The molecule has 0 spiro atoms. The van der Waals surface area contributed by atoms with E-state index in [1.165, 1.54) is 24.3 Å². The van der Waals surface area contributed by atoms with E-state index in [1.807, 2.05) is 14.0 Å². The lowest BCUT2D eigenvalue weighted by molar-refractivity contribution is -0.0499. The minimum atomic E-state index is -3.92. The van der Waals surface area contributed by atoms with Gasteiger partial charge >= 0.3 is 6.61 Å². The largest absolute Gasteiger partial charge is 0.491 e. The van der Waals surface area contributed by atoms with Crippen molar-refractivity contribution >= 4 is 15.5 Å². The molecule has 6 nitrogen and oxygen atoms in total. The standard InChI is InChI=1S/C21H26F2N2O4S/c1-3-13-28-20-8-7-18(15-19(20)25-11-9-24(2)10-12-25)30(26,27)17-6-4-5-16(14-17)29-21(22)23/h4-8,14-15,21H,3,9-13H2,1-2H3. The van der Waals surface area contributed by atoms with Crippen molar-refractivity contribution < 1.29 is 26.7 Å². The van der Waals surface area contributed by atoms with Crippen LogP contribution in [0.4, 0.5) is 14.5 Å². The van der Waals surface area contributed by atoms with Crippen molar-refractivity contribution in [2.75, 3.05) is 44.7 Å². The highest BCUT2D eigenvalue weighted by Gasteiger charge is 2.24. The summed E-state index contributed by atoms with van der Waals surface area (Å²) in [6.45, 7) is 2.72. The van der Waals surface area contributed by atoms with E-state index >= 15 is 0 Å². The molecule has 0 saturated carbocycles. The molecule has 1 aliphatic rings. The van der Waals surface area contributed by atoms with Gasteiger partial charge in [0.2, 0.25) is 9.84 Å². The van der Waals surface area contributed by atoms with E-state index in [1.54, 1.807) is 12.1 Å². The first-order chi connectivity index (χ1) is 14.3. The van der Waals surface area contributed by atoms with E-state index in [4.69, 9.17) is 4.74 Å². The van der Waals surface area contributed by atoms with Crippen molar-refractivity contribution in [3.05, 3.63) is 42.5 Å². The quantitative estimate of drug-likeness (QED) is 0.625. The number of piperazine rings is 1. The molecular weight excluding hydrogens is 414 g/mol. The van der Waals surface area contributed by atoms with Gasteiger partial charge in [0.1, 0.15) is 11.5 Å². The van der Waals surface area contributed by atoms with Crippen LogP contribution in [0, 0.1) is 0 Å². The van der Waals surface area contributed by atoms with Crippen LogP contribution in [-0.2, 0) is 9.84 Å². The summed E-state index contributed by atoms with van der Waals surface area (Å²) in [4.78, 5) is 4.29. The predicted molar refractivity (Wildman–Crippen MR) is 110 cm³/mol. The van der Waals surface area contributed by atoms with Gasteiger partial charge in [-0.15, -0.1) is 0 Å². The van der Waals surface area contributed by atoms with Crippen LogP contribution in [0.15, 0.2) is 52.3 Å². The van der Waals surface area contributed by atoms with E-state index in [0.717, 1.165) is 44.4 Å². The fraction of sp³-hybridized carbons (Fsp3) is 0.429. The van der Waals surface area contributed by atoms with Crippen LogP contribution in [0.2, 0.25) is 0 Å². The van der Waals surface area contributed by atoms with E-state index < -0.39 is 16.4 Å². The number of sulfone groups is 1. The van der Waals surface area contributed by atoms with Crippen LogP contribution < -0.4 is 14.4 Å². The predicted octanol–water partition coefficient (Wildman–Crippen LogP) is 3.66. The molecule has 1 saturated heterocycles. The van der Waals surface area contributed by atoms with Gasteiger partial charge in [-0.05, 0) is 49.9 Å². The van der Waals surface area contributed by atoms with Gasteiger partial charge in [0, 0.05) is 26.2 Å². The van der Waals surface area contributed by atoms with Gasteiger partial charge in [0.15, 0.2) is 0 Å². The molecule has 2 aromatic carbocycles. The number of hydrogen-bond donors (Lipinski definition) is 0. The van der Waals surface area contributed by atoms with Gasteiger partial charge in [0.05, 0.1) is 22.1 Å². The molecule has 0 aromatic heterocycles. The third kappa shape index (κ3) is 5.20. The van der Waals surface area contributed by atoms with Gasteiger partial charge in [-0.3, -0.25) is 0 Å². The van der Waals surface area contributed by atoms with E-state index in [0.29, 0.717) is 12.4 Å². The average molecular weight is 441 g/mol. The van der Waals surface area contributed by atoms with Crippen molar-refractivity contribution in [3.63, 3.8) is 0 Å². The minimum absolute atomic E-state index is 0.0782. The summed E-state index contributed by atoms with van der Waals surface area (Å²) in [6, 6.07) is 9.90. The molecule has 0 aliphatic carbocycles. The molecule has 1 aliphatic heterocycles. The Balaban J connectivity index is 1.97. The smallest absolute Gasteiger partial charge is 0.387 e. The number of likely N-dealkylation sites (N-methyl/N-ethyl adjacent to an activating group) is 1. The van der Waals surface area contributed by atoms with Gasteiger partial charge in [-0.2, -0.15) is 8.78 Å². The highest BCUT2D eigenvalue weighted by atomic mass is 32.2. The van der Waals surface area contributed by atoms with Crippen molar-refractivity contribution in [2.24, 2.45) is 0 Å². The molecule has 30 heavy (non-hydrogen) atoms. The topological polar surface area (TPSA) is 59.1 Å². The summed E-state index contributed by atoms with van der Waals surface area (Å²) < 4.78 is 61.6. The molecule has 0 bridgehead atoms. The number of halogens is 2.